The van der Waals surface area contributed by atoms with Gasteiger partial charge in [0.25, 0.3) is 11.8 Å². The molecule has 0 saturated heterocycles. The molecule has 2 heterocycles. The Morgan fingerprint density at radius 1 is 1.08 bits per heavy atom. The summed E-state index contributed by atoms with van der Waals surface area (Å²) in [7, 11) is 3.77. The topological polar surface area (TPSA) is 125 Å². The molecule has 0 atom stereocenters. The Balaban J connectivity index is 1.54. The third-order valence-corrected chi connectivity index (χ3v) is 7.12. The van der Waals surface area contributed by atoms with E-state index in [1.54, 1.807) is 19.1 Å². The minimum atomic E-state index is -0.403. The van der Waals surface area contributed by atoms with Crippen LogP contribution in [0.5, 0.6) is 0 Å². The first-order valence-electron chi connectivity index (χ1n) is 12.7. The van der Waals surface area contributed by atoms with Crippen LogP contribution in [0.3, 0.4) is 0 Å². The highest BCUT2D eigenvalue weighted by Gasteiger charge is 2.43. The maximum atomic E-state index is 12.7. The van der Waals surface area contributed by atoms with Crippen molar-refractivity contribution in [2.24, 2.45) is 12.5 Å². The second-order valence-electron chi connectivity index (χ2n) is 9.92. The van der Waals surface area contributed by atoms with Gasteiger partial charge in [-0.05, 0) is 55.2 Å². The average molecular weight is 520 g/mol. The Labute approximate surface area is 226 Å². The van der Waals surface area contributed by atoms with Gasteiger partial charge in [-0.2, -0.15) is 5.26 Å². The van der Waals surface area contributed by atoms with Crippen LogP contribution in [-0.4, -0.2) is 39.9 Å². The summed E-state index contributed by atoms with van der Waals surface area (Å²) in [6.45, 7) is 5.71. The third-order valence-electron chi connectivity index (χ3n) is 7.12. The molecule has 39 heavy (non-hydrogen) atoms. The standard InChI is InChI=1S/C30H29N7O2/c1-18(2)28(38)36-22-11-9-20(10-12-22)25-23(24-26(32-3)34-17-35-27(24)37(25)4)19-5-7-21(8-6-19)29(39)33-16-30(15-31)13-14-30/h5-12,17H,1,13-14,16H2,2-4H3,(H,33,39)(H,36,38)(H,32,34,35). The number of nitriles is 1. The Morgan fingerprint density at radius 2 is 1.74 bits per heavy atom. The zero-order chi connectivity index (χ0) is 27.7. The molecule has 196 valence electrons. The first-order chi connectivity index (χ1) is 18.8. The molecule has 2 amide bonds. The number of hydrogen-bond acceptors (Lipinski definition) is 6. The number of nitrogens with zero attached hydrogens (tertiary/aromatic N) is 4. The van der Waals surface area contributed by atoms with E-state index in [-0.39, 0.29) is 11.8 Å². The smallest absolute Gasteiger partial charge is 0.251 e. The molecule has 1 aliphatic carbocycles. The highest BCUT2D eigenvalue weighted by molar-refractivity contribution is 6.09. The van der Waals surface area contributed by atoms with E-state index in [1.807, 2.05) is 55.1 Å². The summed E-state index contributed by atoms with van der Waals surface area (Å²) in [5.41, 5.74) is 5.64. The van der Waals surface area contributed by atoms with E-state index in [2.05, 4.69) is 38.6 Å². The number of amides is 2. The fraction of sp³-hybridized carbons (Fsp3) is 0.233. The van der Waals surface area contributed by atoms with Gasteiger partial charge in [0.2, 0.25) is 0 Å². The number of nitrogens with one attached hydrogen (secondary N) is 3. The second-order valence-corrected chi connectivity index (χ2v) is 9.92. The van der Waals surface area contributed by atoms with Crippen molar-refractivity contribution in [2.45, 2.75) is 19.8 Å². The molecule has 1 aliphatic rings. The molecule has 9 heteroatoms. The Hall–Kier alpha value is -4.97. The molecule has 0 radical (unpaired) electrons. The number of benzene rings is 2. The van der Waals surface area contributed by atoms with Gasteiger partial charge in [-0.25, -0.2) is 9.97 Å². The third kappa shape index (κ3) is 4.84. The molecule has 3 N–H and O–H groups in total. The summed E-state index contributed by atoms with van der Waals surface area (Å²) < 4.78 is 2.02. The summed E-state index contributed by atoms with van der Waals surface area (Å²) in [4.78, 5) is 33.8. The second kappa shape index (κ2) is 10.1. The van der Waals surface area contributed by atoms with Crippen molar-refractivity contribution in [3.05, 3.63) is 72.6 Å². The number of rotatable bonds is 8. The summed E-state index contributed by atoms with van der Waals surface area (Å²) in [6.07, 6.45) is 3.17. The predicted octanol–water partition coefficient (Wildman–Crippen LogP) is 4.89. The van der Waals surface area contributed by atoms with Crippen LogP contribution in [0.1, 0.15) is 30.1 Å². The van der Waals surface area contributed by atoms with Crippen molar-refractivity contribution in [3.8, 4) is 28.5 Å². The molecule has 9 nitrogen and oxygen atoms in total. The molecule has 0 aliphatic heterocycles. The Bertz CT molecular complexity index is 1640. The lowest BCUT2D eigenvalue weighted by atomic mass is 9.97. The number of anilines is 2. The van der Waals surface area contributed by atoms with E-state index >= 15 is 0 Å². The number of hydrogen-bond donors (Lipinski definition) is 3. The van der Waals surface area contributed by atoms with Crippen LogP contribution >= 0.6 is 0 Å². The molecule has 0 bridgehead atoms. The average Bonchev–Trinajstić information content (AvgIpc) is 3.68. The van der Waals surface area contributed by atoms with Crippen LogP contribution in [0, 0.1) is 16.7 Å². The monoisotopic (exact) mass is 519 g/mol. The van der Waals surface area contributed by atoms with E-state index in [0.717, 1.165) is 46.3 Å². The Morgan fingerprint density at radius 3 is 2.33 bits per heavy atom. The molecule has 5 rings (SSSR count). The molecule has 4 aromatic rings. The highest BCUT2D eigenvalue weighted by atomic mass is 16.2. The molecular weight excluding hydrogens is 490 g/mol. The maximum Gasteiger partial charge on any atom is 0.251 e. The minimum absolute atomic E-state index is 0.201. The zero-order valence-corrected chi connectivity index (χ0v) is 22.1. The highest BCUT2D eigenvalue weighted by Crippen LogP contribution is 2.44. The lowest BCUT2D eigenvalue weighted by Crippen LogP contribution is -2.29. The quantitative estimate of drug-likeness (QED) is 0.285. The number of carbonyl (C=O) groups excluding carboxylic acids is 2. The van der Waals surface area contributed by atoms with Gasteiger partial charge in [-0.15, -0.1) is 0 Å². The van der Waals surface area contributed by atoms with E-state index in [0.29, 0.717) is 29.2 Å². The van der Waals surface area contributed by atoms with Gasteiger partial charge < -0.3 is 20.5 Å². The van der Waals surface area contributed by atoms with E-state index in [9.17, 15) is 14.9 Å². The molecule has 0 unspecified atom stereocenters. The normalized spacial score (nSPS) is 13.4. The van der Waals surface area contributed by atoms with Crippen LogP contribution in [0.25, 0.3) is 33.4 Å². The predicted molar refractivity (Wildman–Crippen MR) is 152 cm³/mol. The van der Waals surface area contributed by atoms with Crippen molar-refractivity contribution in [3.63, 3.8) is 0 Å². The van der Waals surface area contributed by atoms with E-state index in [1.165, 1.54) is 6.33 Å². The number of aromatic nitrogens is 3. The van der Waals surface area contributed by atoms with Gasteiger partial charge in [0.15, 0.2) is 0 Å². The van der Waals surface area contributed by atoms with Crippen molar-refractivity contribution < 1.29 is 9.59 Å². The fourth-order valence-corrected chi connectivity index (χ4v) is 4.63. The number of fused-ring (bicyclic) bond motifs is 1. The molecule has 2 aromatic carbocycles. The number of aryl methyl sites for hydroxylation is 1. The van der Waals surface area contributed by atoms with Crippen LogP contribution in [-0.2, 0) is 11.8 Å². The van der Waals surface area contributed by atoms with Crippen LogP contribution < -0.4 is 16.0 Å². The molecule has 1 fully saturated rings. The van der Waals surface area contributed by atoms with Gasteiger partial charge in [-0.1, -0.05) is 30.8 Å². The minimum Gasteiger partial charge on any atom is -0.372 e. The van der Waals surface area contributed by atoms with Gasteiger partial charge in [-0.3, -0.25) is 9.59 Å². The van der Waals surface area contributed by atoms with Crippen LogP contribution in [0.15, 0.2) is 67.0 Å². The van der Waals surface area contributed by atoms with Crippen LogP contribution in [0.2, 0.25) is 0 Å². The summed E-state index contributed by atoms with van der Waals surface area (Å²) >= 11 is 0. The molecule has 1 saturated carbocycles. The van der Waals surface area contributed by atoms with Crippen LogP contribution in [0.4, 0.5) is 11.5 Å². The van der Waals surface area contributed by atoms with E-state index in [4.69, 9.17) is 0 Å². The van der Waals surface area contributed by atoms with Crippen molar-refractivity contribution in [2.75, 3.05) is 24.2 Å². The molecular formula is C30H29N7O2. The molecule has 0 spiro atoms. The fourth-order valence-electron chi connectivity index (χ4n) is 4.63. The van der Waals surface area contributed by atoms with Crippen molar-refractivity contribution in [1.82, 2.24) is 19.9 Å². The van der Waals surface area contributed by atoms with Gasteiger partial charge in [0, 0.05) is 43.0 Å². The lowest BCUT2D eigenvalue weighted by Gasteiger charge is -2.12. The van der Waals surface area contributed by atoms with Crippen molar-refractivity contribution in [1.29, 1.82) is 5.26 Å². The SMILES string of the molecule is C=C(C)C(=O)Nc1ccc(-c2c(-c3ccc(C(=O)NCC4(C#N)CC4)cc3)c3c(NC)ncnc3n2C)cc1. The Kier molecular flexibility index (Phi) is 6.62. The first kappa shape index (κ1) is 25.7. The maximum absolute atomic E-state index is 12.7. The summed E-state index contributed by atoms with van der Waals surface area (Å²) in [6, 6.07) is 17.3. The zero-order valence-electron chi connectivity index (χ0n) is 22.1. The van der Waals surface area contributed by atoms with Gasteiger partial charge in [0.1, 0.15) is 17.8 Å². The van der Waals surface area contributed by atoms with Gasteiger partial charge >= 0.3 is 0 Å². The van der Waals surface area contributed by atoms with Gasteiger partial charge in [0.05, 0.1) is 22.6 Å². The summed E-state index contributed by atoms with van der Waals surface area (Å²) in [5, 5.41) is 19.1. The number of carbonyl (C=O) groups is 2. The summed E-state index contributed by atoms with van der Waals surface area (Å²) in [5.74, 6) is 0.258. The largest absolute Gasteiger partial charge is 0.372 e. The van der Waals surface area contributed by atoms with Crippen molar-refractivity contribution >= 4 is 34.4 Å². The first-order valence-corrected chi connectivity index (χ1v) is 12.7. The van der Waals surface area contributed by atoms with E-state index < -0.39 is 5.41 Å². The molecule has 2 aromatic heterocycles. The lowest BCUT2D eigenvalue weighted by molar-refractivity contribution is -0.112.